The standard InChI is InChI=1S/C23H22N6O2.C2H6.CH5N/c1-29-22(24)9-8-20(21-3-2-16-30-21)26-15-12-23(28-29)27-17-4-6-18(7-5-17)31-19-10-13-25-14-11-19;2*1-2/h2-7,9-16H,8,24H2,1H3,(H,27,28);1-2H3;2H2,1H3/b15-12+,22-9-,26-20?;;. The van der Waals surface area contributed by atoms with Gasteiger partial charge in [-0.3, -0.25) is 20.4 Å². The minimum Gasteiger partial charge on any atom is -0.463 e. The first-order valence-corrected chi connectivity index (χ1v) is 11.2. The maximum Gasteiger partial charge on any atom is 0.148 e. The lowest BCUT2D eigenvalue weighted by atomic mass is 10.2. The van der Waals surface area contributed by atoms with Crippen LogP contribution in [0.2, 0.25) is 0 Å². The molecule has 2 aromatic heterocycles. The fourth-order valence-electron chi connectivity index (χ4n) is 2.80. The van der Waals surface area contributed by atoms with Gasteiger partial charge in [-0.1, -0.05) is 13.8 Å². The second-order valence-electron chi connectivity index (χ2n) is 6.65. The first-order chi connectivity index (χ1) is 17.2. The van der Waals surface area contributed by atoms with E-state index in [0.29, 0.717) is 29.6 Å². The molecule has 4 rings (SSSR count). The number of aromatic nitrogens is 1. The Bertz CT molecular complexity index is 1120. The normalized spacial score (nSPS) is 16.7. The Labute approximate surface area is 206 Å². The van der Waals surface area contributed by atoms with Gasteiger partial charge in [0.15, 0.2) is 0 Å². The Morgan fingerprint density at radius 1 is 1.03 bits per heavy atom. The van der Waals surface area contributed by atoms with E-state index in [2.05, 4.69) is 26.1 Å². The molecule has 0 aliphatic carbocycles. The van der Waals surface area contributed by atoms with E-state index in [-0.39, 0.29) is 0 Å². The molecule has 1 aromatic carbocycles. The van der Waals surface area contributed by atoms with Crippen LogP contribution in [0.3, 0.4) is 0 Å². The molecule has 0 radical (unpaired) electrons. The van der Waals surface area contributed by atoms with E-state index in [1.165, 1.54) is 7.05 Å². The highest BCUT2D eigenvalue weighted by Crippen LogP contribution is 2.23. The smallest absolute Gasteiger partial charge is 0.148 e. The summed E-state index contributed by atoms with van der Waals surface area (Å²) in [5, 5.41) is 1.70. The predicted molar refractivity (Wildman–Crippen MR) is 141 cm³/mol. The van der Waals surface area contributed by atoms with Gasteiger partial charge < -0.3 is 20.6 Å². The Kier molecular flexibility index (Phi) is 11.3. The third kappa shape index (κ3) is 8.49. The summed E-state index contributed by atoms with van der Waals surface area (Å²) >= 11 is 0. The quantitative estimate of drug-likeness (QED) is 0.497. The van der Waals surface area contributed by atoms with Crippen LogP contribution in [-0.4, -0.2) is 35.6 Å². The molecule has 184 valence electrons. The Hall–Kier alpha value is -4.37. The number of pyridine rings is 1. The van der Waals surface area contributed by atoms with Gasteiger partial charge in [-0.25, -0.2) is 4.99 Å². The van der Waals surface area contributed by atoms with Crippen LogP contribution in [0.5, 0.6) is 11.5 Å². The molecule has 9 nitrogen and oxygen atoms in total. The summed E-state index contributed by atoms with van der Waals surface area (Å²) in [5.74, 6) is 3.25. The number of nitrogens with two attached hydrogens (primary N) is 2. The highest BCUT2D eigenvalue weighted by Gasteiger charge is 2.09. The van der Waals surface area contributed by atoms with Gasteiger partial charge in [0.05, 0.1) is 17.7 Å². The van der Waals surface area contributed by atoms with Gasteiger partial charge in [0.2, 0.25) is 0 Å². The second-order valence-corrected chi connectivity index (χ2v) is 6.65. The summed E-state index contributed by atoms with van der Waals surface area (Å²) in [7, 11) is 3.33. The maximum atomic E-state index is 6.17. The number of nitrogens with zero attached hydrogens (tertiary/aromatic N) is 4. The van der Waals surface area contributed by atoms with Crippen LogP contribution >= 0.6 is 0 Å². The van der Waals surface area contributed by atoms with Crippen LogP contribution in [0.25, 0.3) is 0 Å². The number of furan rings is 1. The van der Waals surface area contributed by atoms with E-state index in [4.69, 9.17) is 14.9 Å². The van der Waals surface area contributed by atoms with Crippen LogP contribution in [0.15, 0.2) is 106 Å². The van der Waals surface area contributed by atoms with Gasteiger partial charge >= 0.3 is 0 Å². The Morgan fingerprint density at radius 3 is 2.37 bits per heavy atom. The lowest BCUT2D eigenvalue weighted by Crippen LogP contribution is -2.40. The van der Waals surface area contributed by atoms with Gasteiger partial charge in [0, 0.05) is 38.1 Å². The van der Waals surface area contributed by atoms with Crippen molar-refractivity contribution in [2.24, 2.45) is 21.5 Å². The number of aliphatic imine (C=N–C) groups is 2. The fourth-order valence-corrected chi connectivity index (χ4v) is 2.80. The molecule has 35 heavy (non-hydrogen) atoms. The molecule has 0 amide bonds. The second kappa shape index (κ2) is 14.7. The van der Waals surface area contributed by atoms with Crippen molar-refractivity contribution in [1.29, 1.82) is 0 Å². The van der Waals surface area contributed by atoms with Crippen molar-refractivity contribution in [2.45, 2.75) is 20.3 Å². The van der Waals surface area contributed by atoms with Crippen molar-refractivity contribution in [3.63, 3.8) is 0 Å². The van der Waals surface area contributed by atoms with Crippen molar-refractivity contribution in [3.05, 3.63) is 97.1 Å². The number of hydrogen-bond donors (Lipinski definition) is 3. The summed E-state index contributed by atoms with van der Waals surface area (Å²) < 4.78 is 11.3. The van der Waals surface area contributed by atoms with Gasteiger partial charge in [0.25, 0.3) is 0 Å². The molecule has 0 fully saturated rings. The number of amidine groups is 1. The molecular weight excluding hydrogens is 442 g/mol. The van der Waals surface area contributed by atoms with Crippen LogP contribution in [0, 0.1) is 0 Å². The number of hydrogen-bond acceptors (Lipinski definition) is 8. The molecule has 3 heterocycles. The minimum absolute atomic E-state index is 0.543. The van der Waals surface area contributed by atoms with Crippen LogP contribution in [0.4, 0.5) is 5.69 Å². The number of allylic oxidation sites excluding steroid dienone is 1. The third-order valence-corrected chi connectivity index (χ3v) is 4.41. The number of ether oxygens (including phenoxy) is 1. The molecule has 0 saturated heterocycles. The molecule has 0 unspecified atom stereocenters. The summed E-state index contributed by atoms with van der Waals surface area (Å²) in [6.45, 7) is 4.00. The number of rotatable bonds is 4. The zero-order valence-electron chi connectivity index (χ0n) is 20.6. The Balaban J connectivity index is 0.00000103. The molecule has 1 aliphatic heterocycles. The third-order valence-electron chi connectivity index (χ3n) is 4.41. The summed E-state index contributed by atoms with van der Waals surface area (Å²) in [6.07, 6.45) is 10.9. The lowest BCUT2D eigenvalue weighted by molar-refractivity contribution is 0.367. The first kappa shape index (κ1) is 26.9. The summed E-state index contributed by atoms with van der Waals surface area (Å²) in [6, 6.07) is 14.8. The highest BCUT2D eigenvalue weighted by atomic mass is 16.5. The highest BCUT2D eigenvalue weighted by molar-refractivity contribution is 6.00. The predicted octanol–water partition coefficient (Wildman–Crippen LogP) is 4.74. The molecule has 0 atom stereocenters. The molecule has 9 heteroatoms. The average Bonchev–Trinajstić information content (AvgIpc) is 3.44. The van der Waals surface area contributed by atoms with Crippen LogP contribution in [0.1, 0.15) is 26.0 Å². The van der Waals surface area contributed by atoms with Crippen molar-refractivity contribution >= 4 is 17.2 Å². The van der Waals surface area contributed by atoms with Crippen LogP contribution < -0.4 is 21.6 Å². The Morgan fingerprint density at radius 2 is 1.71 bits per heavy atom. The van der Waals surface area contributed by atoms with Gasteiger partial charge in [-0.05, 0) is 61.7 Å². The molecule has 0 spiro atoms. The van der Waals surface area contributed by atoms with E-state index < -0.39 is 0 Å². The topological polar surface area (TPSA) is 127 Å². The number of nitrogens with one attached hydrogen (secondary N) is 1. The monoisotopic (exact) mass is 475 g/mol. The van der Waals surface area contributed by atoms with E-state index in [9.17, 15) is 0 Å². The molecule has 5 N–H and O–H groups in total. The van der Waals surface area contributed by atoms with Crippen molar-refractivity contribution in [3.8, 4) is 11.5 Å². The van der Waals surface area contributed by atoms with Gasteiger partial charge in [-0.2, -0.15) is 0 Å². The van der Waals surface area contributed by atoms with Gasteiger partial charge in [0.1, 0.15) is 28.9 Å². The molecule has 3 aromatic rings. The van der Waals surface area contributed by atoms with Gasteiger partial charge in [-0.15, -0.1) is 0 Å². The maximum absolute atomic E-state index is 6.17. The number of hydrazine groups is 1. The summed E-state index contributed by atoms with van der Waals surface area (Å²) in [4.78, 5) is 13.1. The molecule has 0 saturated carbocycles. The molecule has 1 aliphatic rings. The van der Waals surface area contributed by atoms with E-state index in [0.717, 1.165) is 17.1 Å². The molecule has 0 bridgehead atoms. The van der Waals surface area contributed by atoms with Crippen molar-refractivity contribution < 1.29 is 9.15 Å². The summed E-state index contributed by atoms with van der Waals surface area (Å²) in [5.41, 5.74) is 15.4. The van der Waals surface area contributed by atoms with Crippen molar-refractivity contribution in [2.75, 3.05) is 14.1 Å². The number of benzene rings is 1. The van der Waals surface area contributed by atoms with Crippen molar-refractivity contribution in [1.82, 2.24) is 15.4 Å². The molecular formula is C26H33N7O2. The largest absolute Gasteiger partial charge is 0.463 e. The van der Waals surface area contributed by atoms with E-state index in [1.54, 1.807) is 48.1 Å². The van der Waals surface area contributed by atoms with E-state index >= 15 is 0 Å². The van der Waals surface area contributed by atoms with E-state index in [1.807, 2.05) is 63.4 Å². The minimum atomic E-state index is 0.543. The SMILES string of the molecule is CC.CN.CN1NC(=Nc2ccc(Oc3ccncc3)cc2)/C=C/N=C(c2ccco2)C/C=C\1N. The fraction of sp³-hybridized carbons (Fsp3) is 0.192. The zero-order chi connectivity index (χ0) is 25.5. The van der Waals surface area contributed by atoms with Crippen LogP contribution in [-0.2, 0) is 0 Å². The zero-order valence-corrected chi connectivity index (χ0v) is 20.6. The average molecular weight is 476 g/mol. The first-order valence-electron chi connectivity index (χ1n) is 11.2. The lowest BCUT2D eigenvalue weighted by Gasteiger charge is -2.22.